The summed E-state index contributed by atoms with van der Waals surface area (Å²) >= 11 is 0. The molecule has 1 aromatic rings. The zero-order valence-corrected chi connectivity index (χ0v) is 17.5. The molecule has 12 heteroatoms. The molecule has 0 bridgehead atoms. The predicted octanol–water partition coefficient (Wildman–Crippen LogP) is 3.45. The van der Waals surface area contributed by atoms with Crippen molar-refractivity contribution in [2.24, 2.45) is 5.92 Å². The Balaban J connectivity index is 1.52. The van der Waals surface area contributed by atoms with Gasteiger partial charge in [0.2, 0.25) is 11.8 Å². The van der Waals surface area contributed by atoms with Gasteiger partial charge in [0, 0.05) is 24.7 Å². The minimum Gasteiger partial charge on any atom is -0.392 e. The van der Waals surface area contributed by atoms with Crippen LogP contribution in [0.1, 0.15) is 49.7 Å². The summed E-state index contributed by atoms with van der Waals surface area (Å²) < 4.78 is 77.8. The van der Waals surface area contributed by atoms with Gasteiger partial charge in [-0.3, -0.25) is 9.59 Å². The topological polar surface area (TPSA) is 90.5 Å². The second-order valence-corrected chi connectivity index (χ2v) is 8.62. The van der Waals surface area contributed by atoms with Crippen molar-refractivity contribution in [1.29, 1.82) is 0 Å². The number of aliphatic hydroxyl groups is 1. The number of benzene rings is 1. The van der Waals surface area contributed by atoms with Gasteiger partial charge in [-0.05, 0) is 56.2 Å². The van der Waals surface area contributed by atoms with E-state index in [9.17, 15) is 41.0 Å². The second kappa shape index (κ2) is 9.88. The highest BCUT2D eigenvalue weighted by Crippen LogP contribution is 2.37. The predicted molar refractivity (Wildman–Crippen MR) is 106 cm³/mol. The summed E-state index contributed by atoms with van der Waals surface area (Å²) in [4.78, 5) is 24.5. The number of rotatable bonds is 5. The van der Waals surface area contributed by atoms with Crippen LogP contribution in [0.3, 0.4) is 0 Å². The molecule has 1 unspecified atom stereocenters. The second-order valence-electron chi connectivity index (χ2n) is 8.62. The number of carbonyl (C=O) groups is 2. The van der Waals surface area contributed by atoms with Gasteiger partial charge in [0.1, 0.15) is 0 Å². The lowest BCUT2D eigenvalue weighted by atomic mass is 9.84. The average Bonchev–Trinajstić information content (AvgIpc) is 3.14. The molecule has 1 aliphatic carbocycles. The quantitative estimate of drug-likeness (QED) is 0.485. The van der Waals surface area contributed by atoms with Gasteiger partial charge in [0.15, 0.2) is 0 Å². The van der Waals surface area contributed by atoms with Crippen LogP contribution in [-0.2, 0) is 21.9 Å². The molecule has 2 aliphatic rings. The molecular formula is C21H25F6N3O3. The van der Waals surface area contributed by atoms with Gasteiger partial charge in [-0.1, -0.05) is 0 Å². The number of anilines is 1. The Hall–Kier alpha value is -2.34. The fraction of sp³-hybridized carbons (Fsp3) is 0.619. The molecule has 3 rings (SSSR count). The van der Waals surface area contributed by atoms with Gasteiger partial charge >= 0.3 is 12.4 Å². The number of β-amino-alcohol motifs (C(OH)–C–C–N with tert-alkyl or cyclic N) is 1. The smallest absolute Gasteiger partial charge is 0.392 e. The number of halogens is 6. The first kappa shape index (κ1) is 25.3. The molecule has 0 aromatic heterocycles. The van der Waals surface area contributed by atoms with Crippen molar-refractivity contribution >= 4 is 17.5 Å². The van der Waals surface area contributed by atoms with Crippen molar-refractivity contribution in [3.63, 3.8) is 0 Å². The first-order valence-corrected chi connectivity index (χ1v) is 10.6. The number of nitrogens with one attached hydrogen (secondary N) is 3. The number of carbonyl (C=O) groups excluding carboxylic acids is 2. The summed E-state index contributed by atoms with van der Waals surface area (Å²) in [6.45, 7) is 0.357. The van der Waals surface area contributed by atoms with E-state index in [0.717, 1.165) is 0 Å². The molecule has 184 valence electrons. The summed E-state index contributed by atoms with van der Waals surface area (Å²) in [5.41, 5.74) is -3.55. The lowest BCUT2D eigenvalue weighted by molar-refractivity contribution is -0.143. The SMILES string of the molecule is O=C(CC1CCC(NC(=O)C2C[C@H](O)CN2)CC1)Nc1cc(C(F)(F)F)cc(C(F)(F)F)c1. The van der Waals surface area contributed by atoms with E-state index < -0.39 is 47.2 Å². The van der Waals surface area contributed by atoms with Crippen LogP contribution in [0.5, 0.6) is 0 Å². The van der Waals surface area contributed by atoms with E-state index in [2.05, 4.69) is 16.0 Å². The molecule has 4 N–H and O–H groups in total. The fourth-order valence-corrected chi connectivity index (χ4v) is 4.23. The molecule has 0 spiro atoms. The van der Waals surface area contributed by atoms with E-state index in [1.54, 1.807) is 0 Å². The monoisotopic (exact) mass is 481 g/mol. The average molecular weight is 481 g/mol. The molecule has 0 radical (unpaired) electrons. The Bertz CT molecular complexity index is 834. The highest BCUT2D eigenvalue weighted by molar-refractivity contribution is 5.91. The molecule has 33 heavy (non-hydrogen) atoms. The van der Waals surface area contributed by atoms with Gasteiger partial charge in [-0.2, -0.15) is 26.3 Å². The normalized spacial score (nSPS) is 26.2. The Morgan fingerprint density at radius 1 is 0.970 bits per heavy atom. The first-order valence-electron chi connectivity index (χ1n) is 10.6. The highest BCUT2D eigenvalue weighted by atomic mass is 19.4. The van der Waals surface area contributed by atoms with Crippen LogP contribution in [0.2, 0.25) is 0 Å². The van der Waals surface area contributed by atoms with Crippen molar-refractivity contribution in [2.45, 2.75) is 69.1 Å². The third kappa shape index (κ3) is 7.07. The summed E-state index contributed by atoms with van der Waals surface area (Å²) in [5, 5.41) is 17.5. The summed E-state index contributed by atoms with van der Waals surface area (Å²) in [7, 11) is 0. The van der Waals surface area contributed by atoms with Crippen molar-refractivity contribution in [1.82, 2.24) is 10.6 Å². The zero-order valence-electron chi connectivity index (χ0n) is 17.5. The number of alkyl halides is 6. The Morgan fingerprint density at radius 3 is 2.03 bits per heavy atom. The van der Waals surface area contributed by atoms with Crippen LogP contribution < -0.4 is 16.0 Å². The first-order chi connectivity index (χ1) is 15.3. The summed E-state index contributed by atoms with van der Waals surface area (Å²) in [5.74, 6) is -0.964. The molecule has 2 amide bonds. The number of aliphatic hydroxyl groups excluding tert-OH is 1. The van der Waals surface area contributed by atoms with Crippen molar-refractivity contribution in [2.75, 3.05) is 11.9 Å². The fourth-order valence-electron chi connectivity index (χ4n) is 4.23. The summed E-state index contributed by atoms with van der Waals surface area (Å²) in [6.07, 6.45) is -7.89. The molecule has 1 aliphatic heterocycles. The third-order valence-corrected chi connectivity index (χ3v) is 5.96. The van der Waals surface area contributed by atoms with E-state index in [4.69, 9.17) is 0 Å². The van der Waals surface area contributed by atoms with Crippen LogP contribution in [0, 0.1) is 5.92 Å². The minimum atomic E-state index is -4.99. The van der Waals surface area contributed by atoms with E-state index in [0.29, 0.717) is 50.8 Å². The molecule has 6 nitrogen and oxygen atoms in total. The van der Waals surface area contributed by atoms with E-state index >= 15 is 0 Å². The van der Waals surface area contributed by atoms with Crippen molar-refractivity contribution < 1.29 is 41.0 Å². The molecular weight excluding hydrogens is 456 g/mol. The van der Waals surface area contributed by atoms with E-state index in [-0.39, 0.29) is 30.4 Å². The van der Waals surface area contributed by atoms with E-state index in [1.165, 1.54) is 0 Å². The minimum absolute atomic E-state index is 0.00697. The largest absolute Gasteiger partial charge is 0.416 e. The Morgan fingerprint density at radius 2 is 1.55 bits per heavy atom. The number of hydrogen-bond acceptors (Lipinski definition) is 4. The van der Waals surface area contributed by atoms with Crippen LogP contribution in [-0.4, -0.2) is 41.7 Å². The van der Waals surface area contributed by atoms with E-state index in [1.807, 2.05) is 0 Å². The van der Waals surface area contributed by atoms with Gasteiger partial charge in [-0.25, -0.2) is 0 Å². The third-order valence-electron chi connectivity index (χ3n) is 5.96. The van der Waals surface area contributed by atoms with Crippen LogP contribution in [0.25, 0.3) is 0 Å². The van der Waals surface area contributed by atoms with Gasteiger partial charge in [0.25, 0.3) is 0 Å². The molecule has 2 atom stereocenters. The van der Waals surface area contributed by atoms with Gasteiger partial charge in [0.05, 0.1) is 23.3 Å². The maximum atomic E-state index is 13.0. The molecule has 2 fully saturated rings. The van der Waals surface area contributed by atoms with Gasteiger partial charge in [-0.15, -0.1) is 0 Å². The van der Waals surface area contributed by atoms with Crippen molar-refractivity contribution in [3.05, 3.63) is 29.3 Å². The van der Waals surface area contributed by atoms with Crippen molar-refractivity contribution in [3.8, 4) is 0 Å². The molecule has 1 aromatic carbocycles. The molecule has 1 saturated carbocycles. The lowest BCUT2D eigenvalue weighted by Crippen LogP contribution is -2.46. The standard InChI is InChI=1S/C21H25F6N3O3/c22-20(23,24)12-6-13(21(25,26)27)8-15(7-12)29-18(32)5-11-1-3-14(4-2-11)30-19(33)17-9-16(31)10-28-17/h6-8,11,14,16-17,28,31H,1-5,9-10H2,(H,29,32)(H,30,33)/t11?,14?,16-,17?/m0/s1. The number of hydrogen-bond donors (Lipinski definition) is 4. The van der Waals surface area contributed by atoms with Gasteiger partial charge < -0.3 is 21.1 Å². The Kier molecular flexibility index (Phi) is 7.57. The lowest BCUT2D eigenvalue weighted by Gasteiger charge is -2.29. The summed E-state index contributed by atoms with van der Waals surface area (Å²) in [6, 6.07) is 0.431. The van der Waals surface area contributed by atoms with Crippen LogP contribution >= 0.6 is 0 Å². The molecule has 1 heterocycles. The Labute approximate surface area is 186 Å². The van der Waals surface area contributed by atoms with Crippen LogP contribution in [0.4, 0.5) is 32.0 Å². The van der Waals surface area contributed by atoms with Crippen LogP contribution in [0.15, 0.2) is 18.2 Å². The zero-order chi connectivity index (χ0) is 24.4. The highest BCUT2D eigenvalue weighted by Gasteiger charge is 2.37. The molecule has 1 saturated heterocycles. The maximum absolute atomic E-state index is 13.0. The number of amides is 2. The maximum Gasteiger partial charge on any atom is 0.416 e.